The smallest absolute Gasteiger partial charge is 0.0897 e. The van der Waals surface area contributed by atoms with Gasteiger partial charge in [-0.2, -0.15) is 0 Å². The highest BCUT2D eigenvalue weighted by Crippen LogP contribution is 2.41. The van der Waals surface area contributed by atoms with Gasteiger partial charge in [-0.15, -0.1) is 22.9 Å². The number of aryl methyl sites for hydroxylation is 2. The Hall–Kier alpha value is -0.860. The largest absolute Gasteiger partial charge is 0.247 e. The fourth-order valence-electron chi connectivity index (χ4n) is 3.21. The summed E-state index contributed by atoms with van der Waals surface area (Å²) in [6.45, 7) is 2.07. The third kappa shape index (κ3) is 2.44. The summed E-state index contributed by atoms with van der Waals surface area (Å²) in [6, 6.07) is 8.78. The summed E-state index contributed by atoms with van der Waals surface area (Å²) in [7, 11) is 0. The Morgan fingerprint density at radius 3 is 2.95 bits per heavy atom. The predicted octanol–water partition coefficient (Wildman–Crippen LogP) is 4.51. The Labute approximate surface area is 123 Å². The van der Waals surface area contributed by atoms with Crippen molar-refractivity contribution in [3.63, 3.8) is 0 Å². The van der Waals surface area contributed by atoms with E-state index in [1.165, 1.54) is 36.1 Å². The van der Waals surface area contributed by atoms with Crippen LogP contribution in [-0.2, 0) is 18.3 Å². The molecule has 0 saturated carbocycles. The van der Waals surface area contributed by atoms with Gasteiger partial charge in [-0.1, -0.05) is 24.3 Å². The van der Waals surface area contributed by atoms with Gasteiger partial charge >= 0.3 is 0 Å². The number of nitrogens with zero attached hydrogens (tertiary/aromatic N) is 1. The van der Waals surface area contributed by atoms with Gasteiger partial charge < -0.3 is 0 Å². The minimum absolute atomic E-state index is 0.0803. The molecule has 0 aliphatic heterocycles. The highest BCUT2D eigenvalue weighted by Gasteiger charge is 2.36. The van der Waals surface area contributed by atoms with Gasteiger partial charge in [0, 0.05) is 23.1 Å². The standard InChI is InChI=1S/C16H18ClNS/c1-12-18-14(10-19-12)9-16(11-17)8-4-6-13-5-2-3-7-15(13)16/h2-3,5,7,10H,4,6,8-9,11H2,1H3. The van der Waals surface area contributed by atoms with Crippen molar-refractivity contribution < 1.29 is 0 Å². The van der Waals surface area contributed by atoms with E-state index >= 15 is 0 Å². The fraction of sp³-hybridized carbons (Fsp3) is 0.438. The van der Waals surface area contributed by atoms with Crippen molar-refractivity contribution in [1.29, 1.82) is 0 Å². The van der Waals surface area contributed by atoms with Crippen LogP contribution in [0.5, 0.6) is 0 Å². The van der Waals surface area contributed by atoms with Crippen molar-refractivity contribution in [2.24, 2.45) is 0 Å². The Balaban J connectivity index is 2.00. The molecule has 1 unspecified atom stereocenters. The number of hydrogen-bond donors (Lipinski definition) is 0. The number of fused-ring (bicyclic) bond motifs is 1. The lowest BCUT2D eigenvalue weighted by atomic mass is 9.69. The fourth-order valence-corrected chi connectivity index (χ4v) is 4.20. The first-order valence-corrected chi connectivity index (χ1v) is 8.20. The molecule has 100 valence electrons. The Kier molecular flexibility index (Phi) is 3.64. The van der Waals surface area contributed by atoms with Gasteiger partial charge in [0.2, 0.25) is 0 Å². The molecule has 1 aliphatic carbocycles. The minimum atomic E-state index is 0.0803. The molecule has 19 heavy (non-hydrogen) atoms. The number of aromatic nitrogens is 1. The Morgan fingerprint density at radius 2 is 2.21 bits per heavy atom. The maximum Gasteiger partial charge on any atom is 0.0897 e. The molecule has 3 heteroatoms. The molecular weight excluding hydrogens is 274 g/mol. The van der Waals surface area contributed by atoms with E-state index in [9.17, 15) is 0 Å². The van der Waals surface area contributed by atoms with Gasteiger partial charge in [0.05, 0.1) is 10.7 Å². The lowest BCUT2D eigenvalue weighted by molar-refractivity contribution is 0.393. The molecule has 0 saturated heterocycles. The van der Waals surface area contributed by atoms with Crippen LogP contribution in [-0.4, -0.2) is 10.9 Å². The van der Waals surface area contributed by atoms with Crippen LogP contribution in [0.15, 0.2) is 29.6 Å². The minimum Gasteiger partial charge on any atom is -0.247 e. The summed E-state index contributed by atoms with van der Waals surface area (Å²) in [5, 5.41) is 3.32. The highest BCUT2D eigenvalue weighted by molar-refractivity contribution is 7.09. The lowest BCUT2D eigenvalue weighted by Crippen LogP contribution is -2.35. The highest BCUT2D eigenvalue weighted by atomic mass is 35.5. The van der Waals surface area contributed by atoms with Gasteiger partial charge in [-0.3, -0.25) is 0 Å². The van der Waals surface area contributed by atoms with E-state index in [0.29, 0.717) is 5.88 Å². The van der Waals surface area contributed by atoms with Gasteiger partial charge in [-0.25, -0.2) is 4.98 Å². The number of hydrogen-bond acceptors (Lipinski definition) is 2. The van der Waals surface area contributed by atoms with Crippen LogP contribution in [0.1, 0.15) is 34.7 Å². The van der Waals surface area contributed by atoms with Crippen LogP contribution < -0.4 is 0 Å². The number of benzene rings is 1. The van der Waals surface area contributed by atoms with E-state index < -0.39 is 0 Å². The second kappa shape index (κ2) is 5.26. The monoisotopic (exact) mass is 291 g/mol. The van der Waals surface area contributed by atoms with E-state index in [2.05, 4.69) is 41.6 Å². The topological polar surface area (TPSA) is 12.9 Å². The van der Waals surface area contributed by atoms with Crippen LogP contribution in [0, 0.1) is 6.92 Å². The maximum atomic E-state index is 6.40. The summed E-state index contributed by atoms with van der Waals surface area (Å²) < 4.78 is 0. The molecule has 0 radical (unpaired) electrons. The second-order valence-corrected chi connectivity index (χ2v) is 6.79. The molecule has 0 spiro atoms. The van der Waals surface area contributed by atoms with Crippen LogP contribution >= 0.6 is 22.9 Å². The second-order valence-electron chi connectivity index (χ2n) is 5.46. The number of halogens is 1. The summed E-state index contributed by atoms with van der Waals surface area (Å²) >= 11 is 8.13. The SMILES string of the molecule is Cc1nc(CC2(CCl)CCCc3ccccc32)cs1. The first-order valence-electron chi connectivity index (χ1n) is 6.79. The summed E-state index contributed by atoms with van der Waals surface area (Å²) in [6.07, 6.45) is 4.56. The van der Waals surface area contributed by atoms with E-state index in [1.807, 2.05) is 0 Å². The van der Waals surface area contributed by atoms with E-state index in [1.54, 1.807) is 11.3 Å². The average molecular weight is 292 g/mol. The quantitative estimate of drug-likeness (QED) is 0.758. The van der Waals surface area contributed by atoms with Gasteiger partial charge in [0.15, 0.2) is 0 Å². The molecule has 1 nitrogen and oxygen atoms in total. The molecule has 1 aromatic carbocycles. The molecule has 2 aromatic rings. The van der Waals surface area contributed by atoms with Crippen molar-refractivity contribution >= 4 is 22.9 Å². The van der Waals surface area contributed by atoms with E-state index in [0.717, 1.165) is 11.4 Å². The van der Waals surface area contributed by atoms with Crippen LogP contribution in [0.25, 0.3) is 0 Å². The Morgan fingerprint density at radius 1 is 1.37 bits per heavy atom. The Bertz CT molecular complexity index is 578. The molecule has 0 N–H and O–H groups in total. The summed E-state index contributed by atoms with van der Waals surface area (Å²) in [5.41, 5.74) is 4.19. The number of rotatable bonds is 3. The first kappa shape index (κ1) is 13.1. The van der Waals surface area contributed by atoms with Crippen molar-refractivity contribution in [3.05, 3.63) is 51.5 Å². The molecule has 0 amide bonds. The van der Waals surface area contributed by atoms with Gasteiger partial charge in [0.1, 0.15) is 0 Å². The molecule has 0 bridgehead atoms. The molecule has 1 heterocycles. The van der Waals surface area contributed by atoms with Crippen LogP contribution in [0.3, 0.4) is 0 Å². The van der Waals surface area contributed by atoms with E-state index in [-0.39, 0.29) is 5.41 Å². The van der Waals surface area contributed by atoms with Crippen molar-refractivity contribution in [3.8, 4) is 0 Å². The van der Waals surface area contributed by atoms with Gasteiger partial charge in [0.25, 0.3) is 0 Å². The molecule has 1 aliphatic rings. The summed E-state index contributed by atoms with van der Waals surface area (Å²) in [5.74, 6) is 0.681. The molecule has 3 rings (SSSR count). The maximum absolute atomic E-state index is 6.40. The van der Waals surface area contributed by atoms with Crippen molar-refractivity contribution in [1.82, 2.24) is 4.98 Å². The lowest BCUT2D eigenvalue weighted by Gasteiger charge is -2.37. The van der Waals surface area contributed by atoms with Crippen LogP contribution in [0.2, 0.25) is 0 Å². The van der Waals surface area contributed by atoms with E-state index in [4.69, 9.17) is 11.6 Å². The van der Waals surface area contributed by atoms with Gasteiger partial charge in [-0.05, 0) is 37.3 Å². The summed E-state index contributed by atoms with van der Waals surface area (Å²) in [4.78, 5) is 4.63. The molecule has 1 atom stereocenters. The molecular formula is C16H18ClNS. The normalized spacial score (nSPS) is 22.2. The molecule has 1 aromatic heterocycles. The number of thiazole rings is 1. The molecule has 0 fully saturated rings. The zero-order valence-electron chi connectivity index (χ0n) is 11.2. The zero-order valence-corrected chi connectivity index (χ0v) is 12.7. The van der Waals surface area contributed by atoms with Crippen molar-refractivity contribution in [2.75, 3.05) is 5.88 Å². The third-order valence-corrected chi connectivity index (χ3v) is 5.47. The first-order chi connectivity index (χ1) is 9.23. The van der Waals surface area contributed by atoms with Crippen molar-refractivity contribution in [2.45, 2.75) is 38.0 Å². The average Bonchev–Trinajstić information content (AvgIpc) is 2.84. The zero-order chi connectivity index (χ0) is 13.3. The predicted molar refractivity (Wildman–Crippen MR) is 82.3 cm³/mol. The number of alkyl halides is 1. The third-order valence-electron chi connectivity index (χ3n) is 4.13. The van der Waals surface area contributed by atoms with Crippen LogP contribution in [0.4, 0.5) is 0 Å².